The van der Waals surface area contributed by atoms with Crippen LogP contribution in [0.4, 0.5) is 0 Å². The second-order valence-corrected chi connectivity index (χ2v) is 8.47. The van der Waals surface area contributed by atoms with Crippen LogP contribution in [-0.4, -0.2) is 48.5 Å². The average molecular weight is 481 g/mol. The predicted octanol–water partition coefficient (Wildman–Crippen LogP) is 3.18. The maximum atomic E-state index is 12.4. The van der Waals surface area contributed by atoms with Crippen molar-refractivity contribution in [2.75, 3.05) is 27.4 Å². The number of aromatic amines is 1. The number of aryl methyl sites for hydroxylation is 1. The predicted molar refractivity (Wildman–Crippen MR) is 133 cm³/mol. The summed E-state index contributed by atoms with van der Waals surface area (Å²) in [6.45, 7) is 5.26. The first-order chi connectivity index (χ1) is 16.9. The highest BCUT2D eigenvalue weighted by molar-refractivity contribution is 5.76. The zero-order chi connectivity index (χ0) is 25.2. The van der Waals surface area contributed by atoms with E-state index in [-0.39, 0.29) is 30.0 Å². The summed E-state index contributed by atoms with van der Waals surface area (Å²) in [5, 5.41) is 11.0. The number of benzene rings is 2. The lowest BCUT2D eigenvalue weighted by Crippen LogP contribution is -2.27. The molecule has 1 amide bonds. The Labute approximate surface area is 204 Å². The summed E-state index contributed by atoms with van der Waals surface area (Å²) in [7, 11) is 3.17. The van der Waals surface area contributed by atoms with Gasteiger partial charge in [0, 0.05) is 24.9 Å². The van der Waals surface area contributed by atoms with Gasteiger partial charge in [-0.25, -0.2) is 0 Å². The number of H-pyrrole nitrogens is 1. The van der Waals surface area contributed by atoms with Gasteiger partial charge in [0.1, 0.15) is 11.4 Å². The van der Waals surface area contributed by atoms with Crippen LogP contribution in [0.15, 0.2) is 47.3 Å². The molecule has 0 spiro atoms. The maximum absolute atomic E-state index is 12.4. The molecule has 0 radical (unpaired) electrons. The Bertz CT molecular complexity index is 1180. The van der Waals surface area contributed by atoms with Crippen LogP contribution in [0, 0.1) is 5.92 Å². The SMILES string of the molecule is COc1ccc(CCNC(=O)CCc2nnc(-c3ccc(OCC(C)C)cc3)[nH]c2=O)cc1OC. The van der Waals surface area contributed by atoms with Crippen molar-refractivity contribution in [2.24, 2.45) is 5.92 Å². The minimum Gasteiger partial charge on any atom is -0.493 e. The zero-order valence-electron chi connectivity index (χ0n) is 20.6. The molecule has 0 aliphatic carbocycles. The summed E-state index contributed by atoms with van der Waals surface area (Å²) in [5.41, 5.74) is 1.61. The molecule has 9 heteroatoms. The molecule has 3 aromatic rings. The van der Waals surface area contributed by atoms with Gasteiger partial charge < -0.3 is 24.5 Å². The Kier molecular flexibility index (Phi) is 9.23. The number of carbonyl (C=O) groups excluding carboxylic acids is 1. The molecule has 0 bridgehead atoms. The van der Waals surface area contributed by atoms with Crippen LogP contribution >= 0.6 is 0 Å². The molecular formula is C26H32N4O5. The van der Waals surface area contributed by atoms with Gasteiger partial charge in [-0.15, -0.1) is 10.2 Å². The smallest absolute Gasteiger partial charge is 0.273 e. The number of methoxy groups -OCH3 is 2. The van der Waals surface area contributed by atoms with Crippen molar-refractivity contribution in [3.8, 4) is 28.6 Å². The van der Waals surface area contributed by atoms with Gasteiger partial charge in [-0.2, -0.15) is 0 Å². The van der Waals surface area contributed by atoms with Gasteiger partial charge in [0.05, 0.1) is 20.8 Å². The monoisotopic (exact) mass is 480 g/mol. The molecule has 2 N–H and O–H groups in total. The average Bonchev–Trinajstić information content (AvgIpc) is 2.86. The fourth-order valence-corrected chi connectivity index (χ4v) is 3.33. The van der Waals surface area contributed by atoms with Crippen molar-refractivity contribution in [3.63, 3.8) is 0 Å². The minimum atomic E-state index is -0.353. The van der Waals surface area contributed by atoms with E-state index in [0.717, 1.165) is 16.9 Å². The van der Waals surface area contributed by atoms with E-state index in [1.165, 1.54) is 0 Å². The van der Waals surface area contributed by atoms with Gasteiger partial charge in [0.25, 0.3) is 5.56 Å². The number of nitrogens with one attached hydrogen (secondary N) is 2. The standard InChI is InChI=1S/C26H32N4O5/c1-17(2)16-35-20-8-6-19(7-9-20)25-28-26(32)21(29-30-25)10-12-24(31)27-14-13-18-5-11-22(33-3)23(15-18)34-4/h5-9,11,15,17H,10,12-14,16H2,1-4H3,(H,27,31)(H,28,30,32). The van der Waals surface area contributed by atoms with E-state index in [1.807, 2.05) is 42.5 Å². The third kappa shape index (κ3) is 7.56. The van der Waals surface area contributed by atoms with Crippen LogP contribution in [-0.2, 0) is 17.6 Å². The molecule has 9 nitrogen and oxygen atoms in total. The van der Waals surface area contributed by atoms with Crippen LogP contribution in [0.25, 0.3) is 11.4 Å². The molecule has 35 heavy (non-hydrogen) atoms. The van der Waals surface area contributed by atoms with Crippen LogP contribution in [0.2, 0.25) is 0 Å². The minimum absolute atomic E-state index is 0.144. The third-order valence-corrected chi connectivity index (χ3v) is 5.25. The van der Waals surface area contributed by atoms with Crippen LogP contribution in [0.5, 0.6) is 17.2 Å². The maximum Gasteiger partial charge on any atom is 0.273 e. The quantitative estimate of drug-likeness (QED) is 0.409. The molecule has 0 fully saturated rings. The van der Waals surface area contributed by atoms with Crippen molar-refractivity contribution in [1.29, 1.82) is 0 Å². The van der Waals surface area contributed by atoms with Gasteiger partial charge in [-0.1, -0.05) is 19.9 Å². The summed E-state index contributed by atoms with van der Waals surface area (Å²) in [5.74, 6) is 2.70. The van der Waals surface area contributed by atoms with Gasteiger partial charge in [-0.05, 0) is 54.3 Å². The Morgan fingerprint density at radius 2 is 1.74 bits per heavy atom. The first kappa shape index (κ1) is 25.7. The molecule has 0 saturated heterocycles. The lowest BCUT2D eigenvalue weighted by atomic mass is 10.1. The second kappa shape index (κ2) is 12.5. The van der Waals surface area contributed by atoms with Crippen LogP contribution in [0.1, 0.15) is 31.5 Å². The highest BCUT2D eigenvalue weighted by Gasteiger charge is 2.10. The van der Waals surface area contributed by atoms with Gasteiger partial charge in [-0.3, -0.25) is 9.59 Å². The van der Waals surface area contributed by atoms with E-state index in [9.17, 15) is 9.59 Å². The number of rotatable bonds is 12. The normalized spacial score (nSPS) is 10.8. The van der Waals surface area contributed by atoms with Crippen LogP contribution in [0.3, 0.4) is 0 Å². The number of amides is 1. The molecule has 1 aromatic heterocycles. The summed E-state index contributed by atoms with van der Waals surface area (Å²) in [6, 6.07) is 12.9. The number of nitrogens with zero attached hydrogens (tertiary/aromatic N) is 2. The summed E-state index contributed by atoms with van der Waals surface area (Å²) < 4.78 is 16.2. The lowest BCUT2D eigenvalue weighted by molar-refractivity contribution is -0.121. The van der Waals surface area contributed by atoms with Crippen molar-refractivity contribution < 1.29 is 19.0 Å². The largest absolute Gasteiger partial charge is 0.493 e. The fraction of sp³-hybridized carbons (Fsp3) is 0.385. The van der Waals surface area contributed by atoms with E-state index in [4.69, 9.17) is 14.2 Å². The summed E-state index contributed by atoms with van der Waals surface area (Å²) >= 11 is 0. The number of carbonyl (C=O) groups is 1. The molecule has 2 aromatic carbocycles. The molecule has 0 aliphatic rings. The lowest BCUT2D eigenvalue weighted by Gasteiger charge is -2.10. The first-order valence-electron chi connectivity index (χ1n) is 11.6. The first-order valence-corrected chi connectivity index (χ1v) is 11.6. The highest BCUT2D eigenvalue weighted by atomic mass is 16.5. The van der Waals surface area contributed by atoms with Crippen molar-refractivity contribution >= 4 is 5.91 Å². The van der Waals surface area contributed by atoms with Crippen molar-refractivity contribution in [2.45, 2.75) is 33.1 Å². The Morgan fingerprint density at radius 3 is 2.40 bits per heavy atom. The van der Waals surface area contributed by atoms with E-state index in [0.29, 0.717) is 42.8 Å². The molecule has 0 saturated carbocycles. The Hall–Kier alpha value is -3.88. The molecular weight excluding hydrogens is 448 g/mol. The van der Waals surface area contributed by atoms with Gasteiger partial charge in [0.2, 0.25) is 5.91 Å². The molecule has 186 valence electrons. The Morgan fingerprint density at radius 1 is 1.00 bits per heavy atom. The van der Waals surface area contributed by atoms with Crippen molar-refractivity contribution in [1.82, 2.24) is 20.5 Å². The number of hydrogen-bond acceptors (Lipinski definition) is 7. The van der Waals surface area contributed by atoms with Crippen molar-refractivity contribution in [3.05, 3.63) is 64.1 Å². The highest BCUT2D eigenvalue weighted by Crippen LogP contribution is 2.27. The third-order valence-electron chi connectivity index (χ3n) is 5.25. The molecule has 3 rings (SSSR count). The molecule has 0 unspecified atom stereocenters. The van der Waals surface area contributed by atoms with E-state index >= 15 is 0 Å². The summed E-state index contributed by atoms with van der Waals surface area (Å²) in [4.78, 5) is 27.4. The van der Waals surface area contributed by atoms with Gasteiger partial charge >= 0.3 is 0 Å². The second-order valence-electron chi connectivity index (χ2n) is 8.47. The van der Waals surface area contributed by atoms with E-state index < -0.39 is 0 Å². The van der Waals surface area contributed by atoms with Crippen LogP contribution < -0.4 is 25.1 Å². The molecule has 1 heterocycles. The van der Waals surface area contributed by atoms with Gasteiger partial charge in [0.15, 0.2) is 17.3 Å². The topological polar surface area (TPSA) is 115 Å². The number of aromatic nitrogens is 3. The fourth-order valence-electron chi connectivity index (χ4n) is 3.33. The number of ether oxygens (including phenoxy) is 3. The molecule has 0 atom stereocenters. The number of hydrogen-bond donors (Lipinski definition) is 2. The Balaban J connectivity index is 1.48. The van der Waals surface area contributed by atoms with E-state index in [1.54, 1.807) is 14.2 Å². The summed E-state index contributed by atoms with van der Waals surface area (Å²) in [6.07, 6.45) is 0.986. The molecule has 0 aliphatic heterocycles. The zero-order valence-corrected chi connectivity index (χ0v) is 20.6. The van der Waals surface area contributed by atoms with E-state index in [2.05, 4.69) is 34.3 Å².